The molecule has 2 atom stereocenters. The summed E-state index contributed by atoms with van der Waals surface area (Å²) in [6, 6.07) is 8.58. The quantitative estimate of drug-likeness (QED) is 0.531. The number of carbonyl (C=O) groups is 3. The summed E-state index contributed by atoms with van der Waals surface area (Å²) in [6.45, 7) is 4.39. The van der Waals surface area contributed by atoms with Crippen LogP contribution in [0.5, 0.6) is 0 Å². The molecule has 0 aliphatic carbocycles. The molecule has 0 radical (unpaired) electrons. The van der Waals surface area contributed by atoms with E-state index in [1.165, 1.54) is 7.11 Å². The van der Waals surface area contributed by atoms with Crippen LogP contribution in [0.15, 0.2) is 42.3 Å². The second-order valence-electron chi connectivity index (χ2n) is 9.39. The van der Waals surface area contributed by atoms with E-state index >= 15 is 0 Å². The molecule has 1 amide bonds. The van der Waals surface area contributed by atoms with E-state index in [4.69, 9.17) is 4.74 Å². The van der Waals surface area contributed by atoms with Gasteiger partial charge >= 0.3 is 0 Å². The number of aliphatic hydroxyl groups is 1. The van der Waals surface area contributed by atoms with Gasteiger partial charge in [0.05, 0.1) is 38.6 Å². The third kappa shape index (κ3) is 5.05. The molecule has 3 rings (SSSR count). The second-order valence-corrected chi connectivity index (χ2v) is 9.39. The van der Waals surface area contributed by atoms with Gasteiger partial charge in [-0.25, -0.2) is 0 Å². The van der Waals surface area contributed by atoms with E-state index in [-0.39, 0.29) is 36.4 Å². The van der Waals surface area contributed by atoms with Crippen LogP contribution in [0.25, 0.3) is 0 Å². The molecule has 2 aliphatic rings. The summed E-state index contributed by atoms with van der Waals surface area (Å²) >= 11 is 0. The zero-order valence-corrected chi connectivity index (χ0v) is 18.8. The number of amides is 1. The van der Waals surface area contributed by atoms with Gasteiger partial charge in [0.25, 0.3) is 5.78 Å². The minimum Gasteiger partial charge on any atom is -0.489 e. The highest BCUT2D eigenvalue weighted by Crippen LogP contribution is 2.36. The lowest BCUT2D eigenvalue weighted by atomic mass is 9.94. The number of hydrogen-bond donors (Lipinski definition) is 1. The van der Waals surface area contributed by atoms with Gasteiger partial charge in [-0.2, -0.15) is 0 Å². The molecule has 0 bridgehead atoms. The molecule has 2 unspecified atom stereocenters. The van der Waals surface area contributed by atoms with Crippen molar-refractivity contribution in [2.24, 2.45) is 0 Å². The molecule has 31 heavy (non-hydrogen) atoms. The van der Waals surface area contributed by atoms with E-state index < -0.39 is 11.6 Å². The first-order valence-electron chi connectivity index (χ1n) is 10.8. The summed E-state index contributed by atoms with van der Waals surface area (Å²) in [7, 11) is 3.46. The van der Waals surface area contributed by atoms with Gasteiger partial charge < -0.3 is 14.7 Å². The van der Waals surface area contributed by atoms with Crippen LogP contribution < -0.4 is 0 Å². The summed E-state index contributed by atoms with van der Waals surface area (Å²) < 4.78 is 5.65. The van der Waals surface area contributed by atoms with Gasteiger partial charge in [-0.05, 0) is 13.8 Å². The highest BCUT2D eigenvalue weighted by Gasteiger charge is 2.52. The summed E-state index contributed by atoms with van der Waals surface area (Å²) in [5.74, 6) is 0.0330. The number of benzene rings is 1. The van der Waals surface area contributed by atoms with Crippen LogP contribution in [-0.2, 0) is 14.3 Å². The first-order valence-corrected chi connectivity index (χ1v) is 10.8. The third-order valence-electron chi connectivity index (χ3n) is 6.49. The van der Waals surface area contributed by atoms with Crippen LogP contribution >= 0.6 is 0 Å². The number of nitrogens with zero attached hydrogens (tertiary/aromatic N) is 2. The Labute approximate surface area is 183 Å². The first-order chi connectivity index (χ1) is 14.5. The SMILES string of the molecule is COC1=C[N+](C)(C2CCN(C(=O)CC(C)(C)O)CC2)C(CC(=O)c2ccccc2)C1=O. The monoisotopic (exact) mass is 429 g/mol. The van der Waals surface area contributed by atoms with Gasteiger partial charge in [-0.3, -0.25) is 18.9 Å². The van der Waals surface area contributed by atoms with Crippen molar-refractivity contribution in [3.8, 4) is 0 Å². The highest BCUT2D eigenvalue weighted by molar-refractivity contribution is 6.04. The lowest BCUT2D eigenvalue weighted by molar-refractivity contribution is -0.898. The maximum Gasteiger partial charge on any atom is 0.260 e. The van der Waals surface area contributed by atoms with Gasteiger partial charge in [0.15, 0.2) is 11.8 Å². The summed E-state index contributed by atoms with van der Waals surface area (Å²) in [5, 5.41) is 9.94. The normalized spacial score (nSPS) is 24.8. The predicted octanol–water partition coefficient (Wildman–Crippen LogP) is 2.30. The Bertz CT molecular complexity index is 866. The van der Waals surface area contributed by atoms with Crippen LogP contribution in [0.4, 0.5) is 0 Å². The minimum absolute atomic E-state index is 0.0602. The van der Waals surface area contributed by atoms with Crippen molar-refractivity contribution in [2.75, 3.05) is 27.2 Å². The van der Waals surface area contributed by atoms with Gasteiger partial charge in [0.2, 0.25) is 11.7 Å². The second kappa shape index (κ2) is 8.93. The molecule has 7 nitrogen and oxygen atoms in total. The molecule has 1 aromatic rings. The van der Waals surface area contributed by atoms with E-state index in [1.807, 2.05) is 31.4 Å². The zero-order chi connectivity index (χ0) is 22.8. The lowest BCUT2D eigenvalue weighted by Crippen LogP contribution is -2.59. The standard InChI is InChI=1S/C24H33N2O5/c1-24(2,30)15-22(28)25-12-10-18(11-13-25)26(3)16-21(31-4)23(29)19(26)14-20(27)17-8-6-5-7-9-17/h5-9,16,18-19,30H,10-15H2,1-4H3/q+1. The van der Waals surface area contributed by atoms with Crippen LogP contribution in [0.2, 0.25) is 0 Å². The largest absolute Gasteiger partial charge is 0.489 e. The number of piperidine rings is 1. The molecule has 0 spiro atoms. The van der Waals surface area contributed by atoms with Crippen molar-refractivity contribution in [3.63, 3.8) is 0 Å². The van der Waals surface area contributed by atoms with Crippen molar-refractivity contribution >= 4 is 17.5 Å². The fourth-order valence-electron chi connectivity index (χ4n) is 4.70. The molecule has 1 N–H and O–H groups in total. The smallest absolute Gasteiger partial charge is 0.260 e. The number of Topliss-reactive ketones (excluding diaryl/α,β-unsaturated/α-hetero) is 2. The fourth-order valence-corrected chi connectivity index (χ4v) is 4.70. The predicted molar refractivity (Wildman–Crippen MR) is 116 cm³/mol. The number of quaternary nitrogens is 1. The number of hydrogen-bond acceptors (Lipinski definition) is 5. The van der Waals surface area contributed by atoms with Crippen molar-refractivity contribution in [1.29, 1.82) is 0 Å². The Hall–Kier alpha value is -2.51. The third-order valence-corrected chi connectivity index (χ3v) is 6.49. The molecule has 7 heteroatoms. The molecule has 1 aromatic carbocycles. The molecule has 2 heterocycles. The maximum absolute atomic E-state index is 13.0. The van der Waals surface area contributed by atoms with Crippen molar-refractivity contribution < 1.29 is 28.7 Å². The van der Waals surface area contributed by atoms with E-state index in [0.29, 0.717) is 41.7 Å². The van der Waals surface area contributed by atoms with Gasteiger partial charge in [0.1, 0.15) is 6.20 Å². The van der Waals surface area contributed by atoms with Crippen LogP contribution in [0.1, 0.15) is 49.9 Å². The number of methoxy groups -OCH3 is 1. The Kier molecular flexibility index (Phi) is 6.67. The van der Waals surface area contributed by atoms with Crippen molar-refractivity contribution in [3.05, 3.63) is 47.9 Å². The molecule has 0 saturated carbocycles. The first kappa shape index (κ1) is 23.2. The maximum atomic E-state index is 13.0. The van der Waals surface area contributed by atoms with E-state index in [0.717, 1.165) is 0 Å². The average molecular weight is 430 g/mol. The summed E-state index contributed by atoms with van der Waals surface area (Å²) in [5.41, 5.74) is -0.438. The molecule has 1 fully saturated rings. The Balaban J connectivity index is 1.74. The lowest BCUT2D eigenvalue weighted by Gasteiger charge is -2.44. The summed E-state index contributed by atoms with van der Waals surface area (Å²) in [4.78, 5) is 40.2. The zero-order valence-electron chi connectivity index (χ0n) is 18.8. The number of carbonyl (C=O) groups excluding carboxylic acids is 3. The topological polar surface area (TPSA) is 83.9 Å². The highest BCUT2D eigenvalue weighted by atomic mass is 16.5. The molecule has 168 valence electrons. The van der Waals surface area contributed by atoms with Crippen LogP contribution in [-0.4, -0.2) is 76.9 Å². The molecular formula is C24H33N2O5+. The minimum atomic E-state index is -1.03. The van der Waals surface area contributed by atoms with Gasteiger partial charge in [-0.1, -0.05) is 30.3 Å². The van der Waals surface area contributed by atoms with E-state index in [9.17, 15) is 19.5 Å². The molecule has 2 aliphatic heterocycles. The van der Waals surface area contributed by atoms with E-state index in [1.54, 1.807) is 30.9 Å². The fraction of sp³-hybridized carbons (Fsp3) is 0.542. The van der Waals surface area contributed by atoms with Gasteiger partial charge in [-0.15, -0.1) is 0 Å². The Morgan fingerprint density at radius 1 is 1.19 bits per heavy atom. The van der Waals surface area contributed by atoms with Crippen molar-refractivity contribution in [1.82, 2.24) is 4.90 Å². The van der Waals surface area contributed by atoms with Crippen molar-refractivity contribution in [2.45, 2.75) is 57.2 Å². The number of ether oxygens (including phenoxy) is 1. The molecule has 1 saturated heterocycles. The van der Waals surface area contributed by atoms with Gasteiger partial charge in [0, 0.05) is 31.5 Å². The van der Waals surface area contributed by atoms with E-state index in [2.05, 4.69) is 0 Å². The number of rotatable bonds is 7. The number of likely N-dealkylation sites (tertiary alicyclic amines) is 1. The molecule has 0 aromatic heterocycles. The Morgan fingerprint density at radius 3 is 2.35 bits per heavy atom. The van der Waals surface area contributed by atoms with Crippen LogP contribution in [0.3, 0.4) is 0 Å². The number of likely N-dealkylation sites (N-methyl/N-ethyl adjacent to an activating group) is 1. The average Bonchev–Trinajstić information content (AvgIpc) is 2.98. The number of ketones is 2. The molecular weight excluding hydrogens is 396 g/mol. The summed E-state index contributed by atoms with van der Waals surface area (Å²) in [6.07, 6.45) is 3.46. The van der Waals surface area contributed by atoms with Crippen LogP contribution in [0, 0.1) is 0 Å². The Morgan fingerprint density at radius 2 is 1.81 bits per heavy atom.